The van der Waals surface area contributed by atoms with E-state index in [2.05, 4.69) is 24.0 Å². The molecule has 1 unspecified atom stereocenters. The maximum absolute atomic E-state index is 12.6. The van der Waals surface area contributed by atoms with E-state index in [1.165, 1.54) is 15.3 Å². The van der Waals surface area contributed by atoms with Gasteiger partial charge in [0.15, 0.2) is 0 Å². The molecule has 0 saturated carbocycles. The maximum atomic E-state index is 12.6. The van der Waals surface area contributed by atoms with E-state index < -0.39 is 0 Å². The van der Waals surface area contributed by atoms with E-state index in [9.17, 15) is 4.79 Å². The molecule has 0 spiro atoms. The topological polar surface area (TPSA) is 20.3 Å². The molecule has 0 radical (unpaired) electrons. The summed E-state index contributed by atoms with van der Waals surface area (Å²) in [5, 5.41) is 0.760. The minimum atomic E-state index is 0.299. The van der Waals surface area contributed by atoms with Gasteiger partial charge < -0.3 is 4.90 Å². The first-order chi connectivity index (χ1) is 11.1. The first-order valence-electron chi connectivity index (χ1n) is 8.24. The second kappa shape index (κ2) is 7.50. The Hall–Kier alpha value is -1.32. The zero-order valence-electron chi connectivity index (χ0n) is 13.4. The van der Waals surface area contributed by atoms with Crippen LogP contribution < -0.4 is 0 Å². The van der Waals surface area contributed by atoms with Crippen LogP contribution in [0.4, 0.5) is 0 Å². The van der Waals surface area contributed by atoms with Crippen molar-refractivity contribution in [2.45, 2.75) is 45.1 Å². The summed E-state index contributed by atoms with van der Waals surface area (Å²) < 4.78 is 0. The molecule has 23 heavy (non-hydrogen) atoms. The van der Waals surface area contributed by atoms with E-state index in [4.69, 9.17) is 11.6 Å². The summed E-state index contributed by atoms with van der Waals surface area (Å²) in [5.74, 6) is 0.299. The predicted molar refractivity (Wildman–Crippen MR) is 97.1 cm³/mol. The highest BCUT2D eigenvalue weighted by atomic mass is 35.5. The fourth-order valence-electron chi connectivity index (χ4n) is 3.23. The van der Waals surface area contributed by atoms with Crippen LogP contribution in [0, 0.1) is 6.92 Å². The Balaban J connectivity index is 1.54. The fraction of sp³-hybridized carbons (Fsp3) is 0.421. The normalized spacial score (nSPS) is 17.7. The molecular weight excluding hydrogens is 326 g/mol. The lowest BCUT2D eigenvalue weighted by molar-refractivity contribution is -0.132. The minimum absolute atomic E-state index is 0.299. The lowest BCUT2D eigenvalue weighted by atomic mass is 10.1. The second-order valence-corrected chi connectivity index (χ2v) is 7.93. The second-order valence-electron chi connectivity index (χ2n) is 6.17. The Morgan fingerprint density at radius 3 is 2.74 bits per heavy atom. The molecule has 2 aromatic rings. The van der Waals surface area contributed by atoms with E-state index in [0.717, 1.165) is 37.3 Å². The molecule has 1 fully saturated rings. The van der Waals surface area contributed by atoms with Gasteiger partial charge in [-0.15, -0.1) is 11.3 Å². The third-order valence-corrected chi connectivity index (χ3v) is 5.79. The Morgan fingerprint density at radius 1 is 1.26 bits per heavy atom. The highest BCUT2D eigenvalue weighted by Crippen LogP contribution is 2.36. The van der Waals surface area contributed by atoms with Crippen LogP contribution in [0.2, 0.25) is 5.02 Å². The monoisotopic (exact) mass is 347 g/mol. The number of likely N-dealkylation sites (tertiary alicyclic amines) is 1. The standard InChI is InChI=1S/C19H22ClNOS/c1-14-7-12-18(23-14)17-5-3-13-21(17)19(22)6-2-4-15-8-10-16(20)11-9-15/h7-12,17H,2-6,13H2,1H3. The molecule has 1 aliphatic heterocycles. The van der Waals surface area contributed by atoms with Gasteiger partial charge in [-0.25, -0.2) is 0 Å². The van der Waals surface area contributed by atoms with E-state index in [1.54, 1.807) is 0 Å². The first-order valence-corrected chi connectivity index (χ1v) is 9.43. The van der Waals surface area contributed by atoms with E-state index >= 15 is 0 Å². The Bertz CT molecular complexity index is 664. The summed E-state index contributed by atoms with van der Waals surface area (Å²) in [6.45, 7) is 3.03. The molecule has 1 atom stereocenters. The van der Waals surface area contributed by atoms with Crippen LogP contribution in [0.25, 0.3) is 0 Å². The molecule has 0 N–H and O–H groups in total. The number of thiophene rings is 1. The summed E-state index contributed by atoms with van der Waals surface area (Å²) in [6, 6.07) is 12.5. The van der Waals surface area contributed by atoms with Gasteiger partial charge in [-0.3, -0.25) is 4.79 Å². The van der Waals surface area contributed by atoms with Crippen molar-refractivity contribution in [1.29, 1.82) is 0 Å². The van der Waals surface area contributed by atoms with Crippen molar-refractivity contribution < 1.29 is 4.79 Å². The zero-order chi connectivity index (χ0) is 16.2. The van der Waals surface area contributed by atoms with Gasteiger partial charge in [-0.05, 0) is 62.4 Å². The Kier molecular flexibility index (Phi) is 5.39. The van der Waals surface area contributed by atoms with Crippen molar-refractivity contribution in [2.24, 2.45) is 0 Å². The molecular formula is C19H22ClNOS. The van der Waals surface area contributed by atoms with Crippen molar-refractivity contribution in [3.8, 4) is 0 Å². The van der Waals surface area contributed by atoms with Gasteiger partial charge in [0.05, 0.1) is 6.04 Å². The van der Waals surface area contributed by atoms with Crippen LogP contribution in [0.3, 0.4) is 0 Å². The third-order valence-electron chi connectivity index (χ3n) is 4.43. The first kappa shape index (κ1) is 16.5. The van der Waals surface area contributed by atoms with E-state index in [1.807, 2.05) is 35.6 Å². The third kappa shape index (κ3) is 4.15. The van der Waals surface area contributed by atoms with Crippen molar-refractivity contribution >= 4 is 28.8 Å². The van der Waals surface area contributed by atoms with Gasteiger partial charge in [0.2, 0.25) is 5.91 Å². The van der Waals surface area contributed by atoms with Gasteiger partial charge in [-0.2, -0.15) is 0 Å². The predicted octanol–water partition coefficient (Wildman–Crippen LogP) is 5.40. The Morgan fingerprint density at radius 2 is 2.04 bits per heavy atom. The van der Waals surface area contributed by atoms with Crippen molar-refractivity contribution in [3.05, 3.63) is 56.7 Å². The fourth-order valence-corrected chi connectivity index (χ4v) is 4.38. The lowest BCUT2D eigenvalue weighted by Crippen LogP contribution is -2.30. The number of hydrogen-bond donors (Lipinski definition) is 0. The number of nitrogens with zero attached hydrogens (tertiary/aromatic N) is 1. The van der Waals surface area contributed by atoms with Crippen molar-refractivity contribution in [2.75, 3.05) is 6.54 Å². The smallest absolute Gasteiger partial charge is 0.223 e. The number of carbonyl (C=O) groups excluding carboxylic acids is 1. The van der Waals surface area contributed by atoms with Crippen LogP contribution in [0.15, 0.2) is 36.4 Å². The van der Waals surface area contributed by atoms with E-state index in [0.29, 0.717) is 18.4 Å². The summed E-state index contributed by atoms with van der Waals surface area (Å²) in [7, 11) is 0. The number of halogens is 1. The molecule has 122 valence electrons. The molecule has 2 heterocycles. The number of aryl methyl sites for hydroxylation is 2. The molecule has 4 heteroatoms. The SMILES string of the molecule is Cc1ccc(C2CCCN2C(=O)CCCc2ccc(Cl)cc2)s1. The molecule has 0 aliphatic carbocycles. The molecule has 1 saturated heterocycles. The highest BCUT2D eigenvalue weighted by molar-refractivity contribution is 7.12. The minimum Gasteiger partial charge on any atom is -0.335 e. The maximum Gasteiger partial charge on any atom is 0.223 e. The van der Waals surface area contributed by atoms with Gasteiger partial charge >= 0.3 is 0 Å². The molecule has 2 nitrogen and oxygen atoms in total. The van der Waals surface area contributed by atoms with Gasteiger partial charge in [0.25, 0.3) is 0 Å². The number of carbonyl (C=O) groups is 1. The van der Waals surface area contributed by atoms with Crippen molar-refractivity contribution in [1.82, 2.24) is 4.90 Å². The van der Waals surface area contributed by atoms with E-state index in [-0.39, 0.29) is 0 Å². The zero-order valence-corrected chi connectivity index (χ0v) is 15.0. The van der Waals surface area contributed by atoms with Crippen LogP contribution in [0.5, 0.6) is 0 Å². The van der Waals surface area contributed by atoms with Gasteiger partial charge in [-0.1, -0.05) is 23.7 Å². The average molecular weight is 348 g/mol. The number of benzene rings is 1. The summed E-state index contributed by atoms with van der Waals surface area (Å²) in [4.78, 5) is 17.3. The van der Waals surface area contributed by atoms with Crippen LogP contribution in [-0.2, 0) is 11.2 Å². The highest BCUT2D eigenvalue weighted by Gasteiger charge is 2.30. The van der Waals surface area contributed by atoms with Gasteiger partial charge in [0, 0.05) is 27.7 Å². The largest absolute Gasteiger partial charge is 0.335 e. The Labute approximate surface area is 147 Å². The summed E-state index contributed by atoms with van der Waals surface area (Å²) in [5.41, 5.74) is 1.24. The summed E-state index contributed by atoms with van der Waals surface area (Å²) in [6.07, 6.45) is 4.67. The van der Waals surface area contributed by atoms with Crippen LogP contribution >= 0.6 is 22.9 Å². The molecule has 1 aromatic carbocycles. The molecule has 3 rings (SSSR count). The number of amides is 1. The lowest BCUT2D eigenvalue weighted by Gasteiger charge is -2.24. The summed E-state index contributed by atoms with van der Waals surface area (Å²) >= 11 is 7.72. The molecule has 1 amide bonds. The average Bonchev–Trinajstić information content (AvgIpc) is 3.17. The van der Waals surface area contributed by atoms with Crippen LogP contribution in [0.1, 0.15) is 47.0 Å². The van der Waals surface area contributed by atoms with Gasteiger partial charge in [0.1, 0.15) is 0 Å². The molecule has 1 aromatic heterocycles. The number of rotatable bonds is 5. The van der Waals surface area contributed by atoms with Crippen molar-refractivity contribution in [3.63, 3.8) is 0 Å². The number of hydrogen-bond acceptors (Lipinski definition) is 2. The molecule has 1 aliphatic rings. The quantitative estimate of drug-likeness (QED) is 0.709. The van der Waals surface area contributed by atoms with Crippen LogP contribution in [-0.4, -0.2) is 17.4 Å². The molecule has 0 bridgehead atoms.